The van der Waals surface area contributed by atoms with Gasteiger partial charge in [-0.2, -0.15) is 0 Å². The Kier molecular flexibility index (Phi) is 4.30. The van der Waals surface area contributed by atoms with Gasteiger partial charge in [-0.25, -0.2) is 4.39 Å². The summed E-state index contributed by atoms with van der Waals surface area (Å²) < 4.78 is 19.6. The molecule has 2 aromatic rings. The third kappa shape index (κ3) is 3.31. The summed E-state index contributed by atoms with van der Waals surface area (Å²) in [5.41, 5.74) is 1.94. The minimum atomic E-state index is -0.127. The van der Waals surface area contributed by atoms with Crippen molar-refractivity contribution in [1.82, 2.24) is 10.6 Å². The lowest BCUT2D eigenvalue weighted by molar-refractivity contribution is 0.261. The van der Waals surface area contributed by atoms with Crippen molar-refractivity contribution in [2.45, 2.75) is 30.8 Å². The largest absolute Gasteiger partial charge is 0.493 e. The van der Waals surface area contributed by atoms with E-state index in [1.54, 1.807) is 13.1 Å². The van der Waals surface area contributed by atoms with Crippen molar-refractivity contribution >= 4 is 5.96 Å². The van der Waals surface area contributed by atoms with E-state index in [9.17, 15) is 4.39 Å². The SMILES string of the molecule is CN=C(NC1CCOc2ccccc21)NC1CC1c1ccccc1F. The maximum absolute atomic E-state index is 13.9. The van der Waals surface area contributed by atoms with E-state index in [2.05, 4.69) is 21.7 Å². The summed E-state index contributed by atoms with van der Waals surface area (Å²) in [7, 11) is 1.76. The van der Waals surface area contributed by atoms with Gasteiger partial charge in [0.1, 0.15) is 11.6 Å². The molecule has 2 aromatic carbocycles. The van der Waals surface area contributed by atoms with Gasteiger partial charge in [0, 0.05) is 31.0 Å². The summed E-state index contributed by atoms with van der Waals surface area (Å²) in [6.45, 7) is 0.687. The molecule has 1 fully saturated rings. The lowest BCUT2D eigenvalue weighted by Crippen LogP contribution is -2.42. The van der Waals surface area contributed by atoms with Gasteiger partial charge in [0.2, 0.25) is 0 Å². The van der Waals surface area contributed by atoms with Crippen LogP contribution < -0.4 is 15.4 Å². The smallest absolute Gasteiger partial charge is 0.191 e. The molecule has 1 saturated carbocycles. The fraction of sp³-hybridized carbons (Fsp3) is 0.350. The molecule has 1 aliphatic heterocycles. The normalized spacial score (nSPS) is 24.9. The van der Waals surface area contributed by atoms with Gasteiger partial charge in [-0.05, 0) is 24.1 Å². The molecule has 0 aromatic heterocycles. The quantitative estimate of drug-likeness (QED) is 0.666. The summed E-state index contributed by atoms with van der Waals surface area (Å²) in [5.74, 6) is 1.77. The molecule has 4 nitrogen and oxygen atoms in total. The molecule has 0 saturated heterocycles. The number of guanidine groups is 1. The van der Waals surface area contributed by atoms with Crippen LogP contribution in [-0.4, -0.2) is 25.7 Å². The van der Waals surface area contributed by atoms with Crippen molar-refractivity contribution in [2.75, 3.05) is 13.7 Å². The lowest BCUT2D eigenvalue weighted by Gasteiger charge is -2.28. The van der Waals surface area contributed by atoms with Crippen LogP contribution in [0.15, 0.2) is 53.5 Å². The Morgan fingerprint density at radius 1 is 1.08 bits per heavy atom. The first kappa shape index (κ1) is 15.9. The van der Waals surface area contributed by atoms with Gasteiger partial charge in [0.15, 0.2) is 5.96 Å². The molecule has 0 bridgehead atoms. The maximum Gasteiger partial charge on any atom is 0.191 e. The molecular weight excluding hydrogens is 317 g/mol. The van der Waals surface area contributed by atoms with E-state index in [-0.39, 0.29) is 23.8 Å². The first-order chi connectivity index (χ1) is 12.3. The number of halogens is 1. The van der Waals surface area contributed by atoms with Crippen LogP contribution in [0.3, 0.4) is 0 Å². The highest BCUT2D eigenvalue weighted by molar-refractivity contribution is 5.81. The van der Waals surface area contributed by atoms with Gasteiger partial charge in [-0.1, -0.05) is 36.4 Å². The fourth-order valence-corrected chi connectivity index (χ4v) is 3.48. The third-order valence-corrected chi connectivity index (χ3v) is 4.91. The number of hydrogen-bond acceptors (Lipinski definition) is 2. The van der Waals surface area contributed by atoms with Gasteiger partial charge in [-0.15, -0.1) is 0 Å². The van der Waals surface area contributed by atoms with Gasteiger partial charge in [0.05, 0.1) is 12.6 Å². The zero-order valence-corrected chi connectivity index (χ0v) is 14.2. The number of nitrogens with one attached hydrogen (secondary N) is 2. The molecule has 5 heteroatoms. The lowest BCUT2D eigenvalue weighted by atomic mass is 10.0. The van der Waals surface area contributed by atoms with E-state index < -0.39 is 0 Å². The molecule has 0 radical (unpaired) electrons. The van der Waals surface area contributed by atoms with Crippen molar-refractivity contribution in [1.29, 1.82) is 0 Å². The monoisotopic (exact) mass is 339 g/mol. The Morgan fingerprint density at radius 2 is 1.84 bits per heavy atom. The number of nitrogens with zero attached hydrogens (tertiary/aromatic N) is 1. The van der Waals surface area contributed by atoms with Crippen LogP contribution in [0.25, 0.3) is 0 Å². The molecule has 25 heavy (non-hydrogen) atoms. The van der Waals surface area contributed by atoms with Crippen LogP contribution in [0.4, 0.5) is 4.39 Å². The van der Waals surface area contributed by atoms with Crippen molar-refractivity contribution in [3.63, 3.8) is 0 Å². The van der Waals surface area contributed by atoms with Gasteiger partial charge in [-0.3, -0.25) is 4.99 Å². The number of aliphatic imine (C=N–C) groups is 1. The Labute approximate surface area is 147 Å². The van der Waals surface area contributed by atoms with Crippen LogP contribution >= 0.6 is 0 Å². The standard InChI is InChI=1S/C20H22FN3O/c1-22-20(23-17-10-11-25-19-9-5-3-7-14(17)19)24-18-12-15(18)13-6-2-4-8-16(13)21/h2-9,15,17-18H,10-12H2,1H3,(H2,22,23,24). The van der Waals surface area contributed by atoms with Crippen LogP contribution in [0.2, 0.25) is 0 Å². The van der Waals surface area contributed by atoms with E-state index in [1.807, 2.05) is 30.3 Å². The van der Waals surface area contributed by atoms with Crippen molar-refractivity contribution in [3.05, 3.63) is 65.5 Å². The van der Waals surface area contributed by atoms with Crippen LogP contribution in [0, 0.1) is 5.82 Å². The second-order valence-electron chi connectivity index (χ2n) is 6.56. The molecule has 0 spiro atoms. The fourth-order valence-electron chi connectivity index (χ4n) is 3.48. The first-order valence-electron chi connectivity index (χ1n) is 8.72. The molecule has 2 N–H and O–H groups in total. The predicted molar refractivity (Wildman–Crippen MR) is 96.5 cm³/mol. The number of fused-ring (bicyclic) bond motifs is 1. The zero-order chi connectivity index (χ0) is 17.2. The highest BCUT2D eigenvalue weighted by Crippen LogP contribution is 2.42. The van der Waals surface area contributed by atoms with Gasteiger partial charge >= 0.3 is 0 Å². The Bertz CT molecular complexity index is 792. The second kappa shape index (κ2) is 6.75. The number of rotatable bonds is 3. The van der Waals surface area contributed by atoms with Crippen LogP contribution in [0.1, 0.15) is 35.9 Å². The number of hydrogen-bond donors (Lipinski definition) is 2. The minimum absolute atomic E-state index is 0.127. The van der Waals surface area contributed by atoms with E-state index in [0.717, 1.165) is 35.7 Å². The van der Waals surface area contributed by atoms with E-state index in [1.165, 1.54) is 6.07 Å². The predicted octanol–water partition coefficient (Wildman–Crippen LogP) is 3.37. The first-order valence-corrected chi connectivity index (χ1v) is 8.72. The summed E-state index contributed by atoms with van der Waals surface area (Å²) in [4.78, 5) is 4.35. The summed E-state index contributed by atoms with van der Waals surface area (Å²) in [6, 6.07) is 15.5. The molecule has 4 rings (SSSR count). The van der Waals surface area contributed by atoms with E-state index >= 15 is 0 Å². The zero-order valence-electron chi connectivity index (χ0n) is 14.2. The average Bonchev–Trinajstić information content (AvgIpc) is 3.40. The molecule has 130 valence electrons. The molecule has 1 heterocycles. The van der Waals surface area contributed by atoms with E-state index in [0.29, 0.717) is 6.61 Å². The van der Waals surface area contributed by atoms with Crippen molar-refractivity contribution in [2.24, 2.45) is 4.99 Å². The summed E-state index contributed by atoms with van der Waals surface area (Å²) >= 11 is 0. The topological polar surface area (TPSA) is 45.7 Å². The molecule has 1 aliphatic carbocycles. The van der Waals surface area contributed by atoms with Gasteiger partial charge < -0.3 is 15.4 Å². The summed E-state index contributed by atoms with van der Waals surface area (Å²) in [6.07, 6.45) is 1.81. The Hall–Kier alpha value is -2.56. The molecule has 2 aliphatic rings. The van der Waals surface area contributed by atoms with Crippen LogP contribution in [0.5, 0.6) is 5.75 Å². The highest BCUT2D eigenvalue weighted by Gasteiger charge is 2.40. The average molecular weight is 339 g/mol. The summed E-state index contributed by atoms with van der Waals surface area (Å²) in [5, 5.41) is 6.91. The maximum atomic E-state index is 13.9. The van der Waals surface area contributed by atoms with Crippen molar-refractivity contribution in [3.8, 4) is 5.75 Å². The molecule has 3 atom stereocenters. The number of benzene rings is 2. The van der Waals surface area contributed by atoms with Gasteiger partial charge in [0.25, 0.3) is 0 Å². The third-order valence-electron chi connectivity index (χ3n) is 4.91. The molecule has 0 amide bonds. The Balaban J connectivity index is 1.41. The second-order valence-corrected chi connectivity index (χ2v) is 6.56. The molecular formula is C20H22FN3O. The number of para-hydroxylation sites is 1. The Morgan fingerprint density at radius 3 is 2.64 bits per heavy atom. The van der Waals surface area contributed by atoms with Crippen molar-refractivity contribution < 1.29 is 9.13 Å². The molecule has 3 unspecified atom stereocenters. The number of ether oxygens (including phenoxy) is 1. The highest BCUT2D eigenvalue weighted by atomic mass is 19.1. The minimum Gasteiger partial charge on any atom is -0.493 e. The van der Waals surface area contributed by atoms with E-state index in [4.69, 9.17) is 4.74 Å². The van der Waals surface area contributed by atoms with Crippen LogP contribution in [-0.2, 0) is 0 Å².